The van der Waals surface area contributed by atoms with Crippen molar-refractivity contribution in [1.82, 2.24) is 15.0 Å². The third-order valence-electron chi connectivity index (χ3n) is 5.29. The number of hydrogen-bond acceptors (Lipinski definition) is 7. The lowest BCUT2D eigenvalue weighted by atomic mass is 10.0. The molecule has 1 aliphatic heterocycles. The second kappa shape index (κ2) is 10.3. The molecule has 0 unspecified atom stereocenters. The van der Waals surface area contributed by atoms with E-state index in [1.165, 1.54) is 5.56 Å². The number of carboxylic acid groups (broad SMARTS) is 1. The van der Waals surface area contributed by atoms with E-state index in [0.29, 0.717) is 35.0 Å². The number of benzene rings is 2. The van der Waals surface area contributed by atoms with Crippen LogP contribution in [0.1, 0.15) is 50.8 Å². The average molecular weight is 449 g/mol. The van der Waals surface area contributed by atoms with E-state index in [4.69, 9.17) is 14.4 Å². The second-order valence-corrected chi connectivity index (χ2v) is 8.06. The molecule has 4 rings (SSSR count). The van der Waals surface area contributed by atoms with Gasteiger partial charge in [-0.2, -0.15) is 10.2 Å². The van der Waals surface area contributed by atoms with Crippen LogP contribution in [-0.4, -0.2) is 38.8 Å². The van der Waals surface area contributed by atoms with Crippen LogP contribution in [0, 0.1) is 11.3 Å². The lowest BCUT2D eigenvalue weighted by molar-refractivity contribution is -0.137. The largest absolute Gasteiger partial charge is 0.490 e. The van der Waals surface area contributed by atoms with Gasteiger partial charge in [0.1, 0.15) is 11.8 Å². The summed E-state index contributed by atoms with van der Waals surface area (Å²) in [6, 6.07) is 13.4. The smallest absolute Gasteiger partial charge is 0.303 e. The monoisotopic (exact) mass is 448 g/mol. The Morgan fingerprint density at radius 2 is 2.12 bits per heavy atom. The molecule has 172 valence electrons. The summed E-state index contributed by atoms with van der Waals surface area (Å²) < 4.78 is 11.2. The Hall–Kier alpha value is -3.70. The molecule has 0 saturated heterocycles. The number of carboxylic acids is 1. The minimum Gasteiger partial charge on any atom is -0.490 e. The summed E-state index contributed by atoms with van der Waals surface area (Å²) in [7, 11) is 0. The van der Waals surface area contributed by atoms with Crippen molar-refractivity contribution in [2.75, 3.05) is 6.54 Å². The maximum absolute atomic E-state index is 10.8. The first kappa shape index (κ1) is 24.0. The molecular formula is C25H28N4O4. The minimum absolute atomic E-state index is 0. The number of ether oxygens (including phenoxy) is 1. The van der Waals surface area contributed by atoms with Gasteiger partial charge in [-0.3, -0.25) is 9.69 Å². The van der Waals surface area contributed by atoms with E-state index in [0.717, 1.165) is 30.8 Å². The highest BCUT2D eigenvalue weighted by Crippen LogP contribution is 2.33. The molecule has 0 aliphatic carbocycles. The Morgan fingerprint density at radius 1 is 1.30 bits per heavy atom. The molecule has 0 atom stereocenters. The van der Waals surface area contributed by atoms with Gasteiger partial charge in [0.15, 0.2) is 0 Å². The summed E-state index contributed by atoms with van der Waals surface area (Å²) in [5, 5.41) is 22.5. The molecule has 3 aromatic rings. The average Bonchev–Trinajstić information content (AvgIpc) is 3.40. The molecule has 0 radical (unpaired) electrons. The first-order chi connectivity index (χ1) is 15.4. The molecule has 0 amide bonds. The summed E-state index contributed by atoms with van der Waals surface area (Å²) in [4.78, 5) is 17.6. The molecular weight excluding hydrogens is 420 g/mol. The van der Waals surface area contributed by atoms with E-state index >= 15 is 0 Å². The van der Waals surface area contributed by atoms with Crippen molar-refractivity contribution in [2.45, 2.75) is 53.3 Å². The van der Waals surface area contributed by atoms with E-state index in [9.17, 15) is 10.1 Å². The fraction of sp³-hybridized carbons (Fsp3) is 0.360. The van der Waals surface area contributed by atoms with Gasteiger partial charge in [0.05, 0.1) is 11.7 Å². The maximum Gasteiger partial charge on any atom is 0.303 e. The highest BCUT2D eigenvalue weighted by Gasteiger charge is 2.24. The zero-order valence-electron chi connectivity index (χ0n) is 18.0. The topological polar surface area (TPSA) is 112 Å². The summed E-state index contributed by atoms with van der Waals surface area (Å²) >= 11 is 0. The highest BCUT2D eigenvalue weighted by molar-refractivity contribution is 5.67. The molecule has 33 heavy (non-hydrogen) atoms. The third kappa shape index (κ3) is 5.38. The van der Waals surface area contributed by atoms with Crippen LogP contribution in [0.15, 0.2) is 40.9 Å². The fourth-order valence-electron chi connectivity index (χ4n) is 3.87. The highest BCUT2D eigenvalue weighted by atomic mass is 16.5. The number of aliphatic carboxylic acids is 1. The molecule has 8 heteroatoms. The number of rotatable bonds is 8. The second-order valence-electron chi connectivity index (χ2n) is 8.06. The Morgan fingerprint density at radius 3 is 2.85 bits per heavy atom. The zero-order chi connectivity index (χ0) is 22.7. The van der Waals surface area contributed by atoms with E-state index in [2.05, 4.69) is 27.2 Å². The first-order valence-corrected chi connectivity index (χ1v) is 10.5. The van der Waals surface area contributed by atoms with Crippen LogP contribution < -0.4 is 4.74 Å². The van der Waals surface area contributed by atoms with E-state index < -0.39 is 5.97 Å². The van der Waals surface area contributed by atoms with Crippen LogP contribution in [-0.2, 0) is 17.9 Å². The number of aromatic nitrogens is 2. The molecule has 1 aromatic heterocycles. The van der Waals surface area contributed by atoms with Crippen LogP contribution in [0.2, 0.25) is 0 Å². The standard InChI is InChI=1S/C24H24N4O4.CH4/c1-15(2)31-21-9-8-16(11-18(21)12-25)24-26-23(27-32-24)19-6-3-5-17-13-28(14-20(17)19)10-4-7-22(29)30;/h3,5-6,8-9,11,15H,4,7,10,13-14H2,1-2H3,(H,29,30);1H4. The number of carbonyl (C=O) groups is 1. The predicted octanol–water partition coefficient (Wildman–Crippen LogP) is 4.88. The molecule has 0 bridgehead atoms. The Balaban J connectivity index is 0.00000306. The third-order valence-corrected chi connectivity index (χ3v) is 5.29. The molecule has 2 heterocycles. The van der Waals surface area contributed by atoms with Gasteiger partial charge in [-0.1, -0.05) is 30.8 Å². The molecule has 0 spiro atoms. The van der Waals surface area contributed by atoms with Crippen molar-refractivity contribution < 1.29 is 19.2 Å². The summed E-state index contributed by atoms with van der Waals surface area (Å²) in [5.41, 5.74) is 4.28. The van der Waals surface area contributed by atoms with Crippen molar-refractivity contribution in [2.24, 2.45) is 0 Å². The molecule has 0 fully saturated rings. The quantitative estimate of drug-likeness (QED) is 0.519. The summed E-state index contributed by atoms with van der Waals surface area (Å²) in [5.74, 6) is 0.576. The van der Waals surface area contributed by atoms with Gasteiger partial charge in [-0.25, -0.2) is 0 Å². The van der Waals surface area contributed by atoms with Crippen molar-refractivity contribution in [3.8, 4) is 34.7 Å². The van der Waals surface area contributed by atoms with Crippen molar-refractivity contribution in [3.05, 3.63) is 53.1 Å². The lowest BCUT2D eigenvalue weighted by Crippen LogP contribution is -2.18. The predicted molar refractivity (Wildman–Crippen MR) is 123 cm³/mol. The van der Waals surface area contributed by atoms with Crippen LogP contribution in [0.3, 0.4) is 0 Å². The van der Waals surface area contributed by atoms with Gasteiger partial charge >= 0.3 is 5.97 Å². The van der Waals surface area contributed by atoms with Gasteiger partial charge in [-0.05, 0) is 56.1 Å². The Bertz CT molecular complexity index is 1180. The number of nitriles is 1. The molecule has 2 aromatic carbocycles. The SMILES string of the molecule is C.CC(C)Oc1ccc(-c2nc(-c3cccc4c3CN(CCCC(=O)O)C4)no2)cc1C#N. The van der Waals surface area contributed by atoms with Gasteiger partial charge in [0.25, 0.3) is 5.89 Å². The van der Waals surface area contributed by atoms with E-state index in [1.807, 2.05) is 26.0 Å². The molecule has 0 saturated carbocycles. The summed E-state index contributed by atoms with van der Waals surface area (Å²) in [6.07, 6.45) is 0.745. The number of fused-ring (bicyclic) bond motifs is 1. The van der Waals surface area contributed by atoms with E-state index in [-0.39, 0.29) is 20.0 Å². The van der Waals surface area contributed by atoms with Gasteiger partial charge < -0.3 is 14.4 Å². The van der Waals surface area contributed by atoms with Gasteiger partial charge in [-0.15, -0.1) is 0 Å². The van der Waals surface area contributed by atoms with E-state index in [1.54, 1.807) is 18.2 Å². The summed E-state index contributed by atoms with van der Waals surface area (Å²) in [6.45, 7) is 6.03. The maximum atomic E-state index is 10.8. The number of hydrogen-bond donors (Lipinski definition) is 1. The molecule has 8 nitrogen and oxygen atoms in total. The van der Waals surface area contributed by atoms with Crippen LogP contribution in [0.5, 0.6) is 5.75 Å². The molecule has 1 N–H and O–H groups in total. The first-order valence-electron chi connectivity index (χ1n) is 10.5. The van der Waals surface area contributed by atoms with Crippen LogP contribution >= 0.6 is 0 Å². The number of nitrogens with zero attached hydrogens (tertiary/aromatic N) is 4. The Labute approximate surface area is 193 Å². The van der Waals surface area contributed by atoms with Crippen molar-refractivity contribution in [3.63, 3.8) is 0 Å². The van der Waals surface area contributed by atoms with Gasteiger partial charge in [0, 0.05) is 30.6 Å². The normalized spacial score (nSPS) is 12.8. The minimum atomic E-state index is -0.773. The van der Waals surface area contributed by atoms with Crippen LogP contribution in [0.25, 0.3) is 22.8 Å². The fourth-order valence-corrected chi connectivity index (χ4v) is 3.87. The zero-order valence-corrected chi connectivity index (χ0v) is 18.0. The lowest BCUT2D eigenvalue weighted by Gasteiger charge is -2.13. The van der Waals surface area contributed by atoms with Crippen molar-refractivity contribution in [1.29, 1.82) is 5.26 Å². The van der Waals surface area contributed by atoms with Crippen molar-refractivity contribution >= 4 is 5.97 Å². The Kier molecular flexibility index (Phi) is 7.46. The van der Waals surface area contributed by atoms with Crippen LogP contribution in [0.4, 0.5) is 0 Å². The molecule has 1 aliphatic rings. The van der Waals surface area contributed by atoms with Gasteiger partial charge in [0.2, 0.25) is 5.82 Å².